The number of rotatable bonds is 2. The number of halogens is 2. The number of likely N-dealkylation sites (tertiary alicyclic amines) is 1. The van der Waals surface area contributed by atoms with Crippen molar-refractivity contribution in [3.63, 3.8) is 0 Å². The van der Waals surface area contributed by atoms with Gasteiger partial charge in [0.25, 0.3) is 5.91 Å². The lowest BCUT2D eigenvalue weighted by atomic mass is 9.90. The summed E-state index contributed by atoms with van der Waals surface area (Å²) in [4.78, 5) is 20.1. The van der Waals surface area contributed by atoms with Crippen molar-refractivity contribution in [2.45, 2.75) is 32.6 Å². The minimum absolute atomic E-state index is 0. The molecule has 4 nitrogen and oxygen atoms in total. The third-order valence-corrected chi connectivity index (χ3v) is 5.47. The van der Waals surface area contributed by atoms with Crippen LogP contribution in [-0.2, 0) is 12.8 Å². The average molecular weight is 382 g/mol. The molecule has 1 aliphatic heterocycles. The van der Waals surface area contributed by atoms with Gasteiger partial charge in [-0.2, -0.15) is 0 Å². The Morgan fingerprint density at radius 1 is 1.28 bits per heavy atom. The predicted octanol–water partition coefficient (Wildman–Crippen LogP) is 3.38. The van der Waals surface area contributed by atoms with E-state index in [-0.39, 0.29) is 36.1 Å². The third-order valence-electron chi connectivity index (χ3n) is 5.47. The molecule has 2 heterocycles. The van der Waals surface area contributed by atoms with Crippen LogP contribution in [-0.4, -0.2) is 35.4 Å². The zero-order valence-corrected chi connectivity index (χ0v) is 16.1. The highest BCUT2D eigenvalue weighted by atomic mass is 35.5. The molecule has 1 aromatic carbocycles. The first kappa shape index (κ1) is 20.0. The topological polar surface area (TPSA) is 59.2 Å². The minimum Gasteiger partial charge on any atom is -0.338 e. The molecule has 1 aliphatic carbocycles. The molecule has 1 aromatic heterocycles. The summed E-state index contributed by atoms with van der Waals surface area (Å²) in [6.07, 6.45) is 4.04. The Morgan fingerprint density at radius 3 is 2.76 bits per heavy atom. The van der Waals surface area contributed by atoms with Crippen molar-refractivity contribution in [1.82, 2.24) is 9.88 Å². The lowest BCUT2D eigenvalue weighted by molar-refractivity contribution is 0.0778. The van der Waals surface area contributed by atoms with Gasteiger partial charge in [-0.15, -0.1) is 24.8 Å². The number of para-hydroxylation sites is 1. The van der Waals surface area contributed by atoms with E-state index in [1.54, 1.807) is 0 Å². The fourth-order valence-corrected chi connectivity index (χ4v) is 3.98. The lowest BCUT2D eigenvalue weighted by Gasteiger charge is -2.24. The number of benzene rings is 1. The van der Waals surface area contributed by atoms with Gasteiger partial charge in [-0.25, -0.2) is 0 Å². The number of aromatic nitrogens is 1. The highest BCUT2D eigenvalue weighted by molar-refractivity contribution is 6.08. The molecule has 1 unspecified atom stereocenters. The summed E-state index contributed by atoms with van der Waals surface area (Å²) in [5, 5.41) is 1.000. The molecule has 1 amide bonds. The molecule has 0 bridgehead atoms. The van der Waals surface area contributed by atoms with Crippen LogP contribution in [0.3, 0.4) is 0 Å². The molecule has 2 aliphatic rings. The van der Waals surface area contributed by atoms with Crippen LogP contribution in [0.2, 0.25) is 0 Å². The predicted molar refractivity (Wildman–Crippen MR) is 106 cm³/mol. The maximum absolute atomic E-state index is 13.3. The van der Waals surface area contributed by atoms with Gasteiger partial charge >= 0.3 is 0 Å². The van der Waals surface area contributed by atoms with Crippen molar-refractivity contribution in [2.24, 2.45) is 11.1 Å². The normalized spacial score (nSPS) is 21.6. The molecular formula is C19H25Cl2N3O. The minimum atomic E-state index is 0. The molecule has 1 saturated heterocycles. The molecule has 2 N–H and O–H groups in total. The van der Waals surface area contributed by atoms with Crippen LogP contribution in [0.25, 0.3) is 10.9 Å². The maximum Gasteiger partial charge on any atom is 0.254 e. The van der Waals surface area contributed by atoms with Crippen LogP contribution >= 0.6 is 24.8 Å². The van der Waals surface area contributed by atoms with E-state index in [0.29, 0.717) is 6.54 Å². The van der Waals surface area contributed by atoms with Gasteiger partial charge in [0, 0.05) is 24.2 Å². The van der Waals surface area contributed by atoms with Gasteiger partial charge in [-0.05, 0) is 49.3 Å². The van der Waals surface area contributed by atoms with E-state index in [0.717, 1.165) is 60.9 Å². The highest BCUT2D eigenvalue weighted by Crippen LogP contribution is 2.34. The summed E-state index contributed by atoms with van der Waals surface area (Å²) in [7, 11) is 0. The molecule has 1 atom stereocenters. The molecule has 136 valence electrons. The van der Waals surface area contributed by atoms with E-state index in [1.807, 2.05) is 29.2 Å². The quantitative estimate of drug-likeness (QED) is 0.866. The van der Waals surface area contributed by atoms with Gasteiger partial charge in [0.05, 0.1) is 11.1 Å². The van der Waals surface area contributed by atoms with Crippen LogP contribution in [0.5, 0.6) is 0 Å². The van der Waals surface area contributed by atoms with Gasteiger partial charge in [0.2, 0.25) is 0 Å². The summed E-state index contributed by atoms with van der Waals surface area (Å²) >= 11 is 0. The number of carbonyl (C=O) groups is 1. The standard InChI is InChI=1S/C19H23N3O.2ClH/c1-19(11-20)9-10-22(12-19)18(23)17-13-5-2-3-7-15(13)21-16-8-4-6-14(16)17;;/h2-3,5,7H,4,6,8-12,20H2,1H3;2*1H. The molecule has 1 fully saturated rings. The molecule has 25 heavy (non-hydrogen) atoms. The third kappa shape index (κ3) is 3.35. The first-order valence-corrected chi connectivity index (χ1v) is 8.51. The first-order chi connectivity index (χ1) is 11.1. The Kier molecular flexibility index (Phi) is 5.97. The van der Waals surface area contributed by atoms with E-state index < -0.39 is 0 Å². The van der Waals surface area contributed by atoms with E-state index in [2.05, 4.69) is 6.92 Å². The lowest BCUT2D eigenvalue weighted by Crippen LogP contribution is -2.35. The zero-order valence-electron chi connectivity index (χ0n) is 14.5. The number of hydrogen-bond donors (Lipinski definition) is 1. The Morgan fingerprint density at radius 2 is 2.04 bits per heavy atom. The van der Waals surface area contributed by atoms with E-state index in [9.17, 15) is 4.79 Å². The molecule has 0 radical (unpaired) electrons. The number of nitrogens with two attached hydrogens (primary N) is 1. The van der Waals surface area contributed by atoms with Crippen LogP contribution in [0.4, 0.5) is 0 Å². The van der Waals surface area contributed by atoms with Gasteiger partial charge in [0.15, 0.2) is 0 Å². The van der Waals surface area contributed by atoms with Crippen LogP contribution < -0.4 is 5.73 Å². The summed E-state index contributed by atoms with van der Waals surface area (Å²) in [6, 6.07) is 8.04. The highest BCUT2D eigenvalue weighted by Gasteiger charge is 2.37. The number of fused-ring (bicyclic) bond motifs is 2. The number of aryl methyl sites for hydroxylation is 1. The molecule has 0 saturated carbocycles. The summed E-state index contributed by atoms with van der Waals surface area (Å²) in [5.41, 5.74) is 10.1. The zero-order chi connectivity index (χ0) is 16.0. The van der Waals surface area contributed by atoms with E-state index >= 15 is 0 Å². The van der Waals surface area contributed by atoms with Crippen molar-refractivity contribution < 1.29 is 4.79 Å². The van der Waals surface area contributed by atoms with Gasteiger partial charge < -0.3 is 10.6 Å². The van der Waals surface area contributed by atoms with E-state index in [1.165, 1.54) is 5.56 Å². The monoisotopic (exact) mass is 381 g/mol. The van der Waals surface area contributed by atoms with Crippen molar-refractivity contribution in [3.8, 4) is 0 Å². The number of carbonyl (C=O) groups excluding carboxylic acids is 1. The molecule has 4 rings (SSSR count). The number of hydrogen-bond acceptors (Lipinski definition) is 3. The molecule has 2 aromatic rings. The Balaban J connectivity index is 0.00000113. The average Bonchev–Trinajstić information content (AvgIpc) is 3.19. The summed E-state index contributed by atoms with van der Waals surface area (Å²) in [6.45, 7) is 4.37. The SMILES string of the molecule is CC1(CN)CCN(C(=O)c2c3c(nc4ccccc24)CCC3)C1.Cl.Cl. The fraction of sp³-hybridized carbons (Fsp3) is 0.474. The molecule has 6 heteroatoms. The van der Waals surface area contributed by atoms with Crippen LogP contribution in [0, 0.1) is 5.41 Å². The molecule has 0 spiro atoms. The van der Waals surface area contributed by atoms with Crippen LogP contribution in [0.1, 0.15) is 41.4 Å². The van der Waals surface area contributed by atoms with Crippen molar-refractivity contribution >= 4 is 41.6 Å². The van der Waals surface area contributed by atoms with Gasteiger partial charge in [-0.1, -0.05) is 25.1 Å². The second-order valence-corrected chi connectivity index (χ2v) is 7.27. The second-order valence-electron chi connectivity index (χ2n) is 7.27. The summed E-state index contributed by atoms with van der Waals surface area (Å²) in [5.74, 6) is 0.166. The number of pyridine rings is 1. The van der Waals surface area contributed by atoms with Crippen molar-refractivity contribution in [2.75, 3.05) is 19.6 Å². The van der Waals surface area contributed by atoms with Crippen LogP contribution in [0.15, 0.2) is 24.3 Å². The summed E-state index contributed by atoms with van der Waals surface area (Å²) < 4.78 is 0. The largest absolute Gasteiger partial charge is 0.338 e. The first-order valence-electron chi connectivity index (χ1n) is 8.51. The van der Waals surface area contributed by atoms with Crippen molar-refractivity contribution in [3.05, 3.63) is 41.1 Å². The van der Waals surface area contributed by atoms with Gasteiger partial charge in [0.1, 0.15) is 0 Å². The van der Waals surface area contributed by atoms with Crippen molar-refractivity contribution in [1.29, 1.82) is 0 Å². The molecular weight excluding hydrogens is 357 g/mol. The second kappa shape index (κ2) is 7.48. The number of nitrogens with zero attached hydrogens (tertiary/aromatic N) is 2. The Bertz CT molecular complexity index is 796. The fourth-order valence-electron chi connectivity index (χ4n) is 3.98. The Labute approximate surface area is 161 Å². The van der Waals surface area contributed by atoms with E-state index in [4.69, 9.17) is 10.7 Å². The number of amides is 1. The van der Waals surface area contributed by atoms with Gasteiger partial charge in [-0.3, -0.25) is 9.78 Å². The smallest absolute Gasteiger partial charge is 0.254 e. The maximum atomic E-state index is 13.3. The Hall–Kier alpha value is -1.36.